The molecular weight excluding hydrogens is 407 g/mol. The van der Waals surface area contributed by atoms with Gasteiger partial charge in [-0.25, -0.2) is 14.4 Å². The van der Waals surface area contributed by atoms with Crippen LogP contribution in [0.25, 0.3) is 0 Å². The number of hydrogen-bond donors (Lipinski definition) is 1. The average Bonchev–Trinajstić information content (AvgIpc) is 3.31. The van der Waals surface area contributed by atoms with Crippen LogP contribution < -0.4 is 5.32 Å². The Morgan fingerprint density at radius 1 is 1.09 bits per heavy atom. The zero-order chi connectivity index (χ0) is 22.5. The molecule has 2 heterocycles. The predicted molar refractivity (Wildman–Crippen MR) is 119 cm³/mol. The third kappa shape index (κ3) is 5.31. The van der Waals surface area contributed by atoms with Gasteiger partial charge in [-0.3, -0.25) is 9.59 Å². The number of carbonyl (C=O) groups excluding carboxylic acids is 2. The highest BCUT2D eigenvalue weighted by molar-refractivity contribution is 5.94. The van der Waals surface area contributed by atoms with E-state index in [1.807, 2.05) is 4.90 Å². The van der Waals surface area contributed by atoms with Crippen LogP contribution in [0.3, 0.4) is 0 Å². The molecule has 4 rings (SSSR count). The molecule has 2 amide bonds. The fraction of sp³-hybridized carbons (Fsp3) is 0.520. The van der Waals surface area contributed by atoms with E-state index in [1.54, 1.807) is 25.3 Å². The lowest BCUT2D eigenvalue weighted by Crippen LogP contribution is -2.40. The summed E-state index contributed by atoms with van der Waals surface area (Å²) in [6.45, 7) is 2.84. The molecule has 1 unspecified atom stereocenters. The molecule has 170 valence electrons. The normalized spacial score (nSPS) is 19.2. The van der Waals surface area contributed by atoms with E-state index in [2.05, 4.69) is 15.3 Å². The molecule has 0 spiro atoms. The smallest absolute Gasteiger partial charge is 0.254 e. The molecule has 1 aliphatic heterocycles. The number of nitrogens with one attached hydrogen (secondary N) is 1. The summed E-state index contributed by atoms with van der Waals surface area (Å²) in [4.78, 5) is 36.7. The molecular formula is C25H31FN4O2. The zero-order valence-corrected chi connectivity index (χ0v) is 18.6. The molecule has 1 aromatic heterocycles. The van der Waals surface area contributed by atoms with Gasteiger partial charge in [0.15, 0.2) is 5.82 Å². The summed E-state index contributed by atoms with van der Waals surface area (Å²) >= 11 is 0. The number of piperidine rings is 1. The number of aromatic nitrogens is 2. The molecule has 1 saturated carbocycles. The van der Waals surface area contributed by atoms with Crippen LogP contribution in [-0.2, 0) is 11.3 Å². The number of hydrogen-bond acceptors (Lipinski definition) is 4. The number of likely N-dealkylation sites (tertiary alicyclic amines) is 1. The lowest BCUT2D eigenvalue weighted by Gasteiger charge is -2.35. The Hall–Kier alpha value is -2.83. The quantitative estimate of drug-likeness (QED) is 0.721. The van der Waals surface area contributed by atoms with Crippen LogP contribution in [0.4, 0.5) is 4.39 Å². The highest BCUT2D eigenvalue weighted by atomic mass is 19.1. The second-order valence-corrected chi connectivity index (χ2v) is 8.99. The maximum absolute atomic E-state index is 13.0. The van der Waals surface area contributed by atoms with Crippen molar-refractivity contribution < 1.29 is 14.0 Å². The van der Waals surface area contributed by atoms with E-state index < -0.39 is 0 Å². The number of nitrogens with zero attached hydrogens (tertiary/aromatic N) is 3. The number of benzene rings is 1. The number of carbonyl (C=O) groups is 2. The maximum atomic E-state index is 13.0. The summed E-state index contributed by atoms with van der Waals surface area (Å²) in [5.41, 5.74) is 1.82. The van der Waals surface area contributed by atoms with E-state index >= 15 is 0 Å². The largest absolute Gasteiger partial charge is 0.348 e. The summed E-state index contributed by atoms with van der Waals surface area (Å²) in [6, 6.07) is 5.90. The monoisotopic (exact) mass is 438 g/mol. The number of rotatable bonds is 6. The lowest BCUT2D eigenvalue weighted by atomic mass is 9.97. The highest BCUT2D eigenvalue weighted by Gasteiger charge is 2.32. The van der Waals surface area contributed by atoms with Crippen LogP contribution in [0.2, 0.25) is 0 Å². The van der Waals surface area contributed by atoms with Crippen molar-refractivity contribution in [2.75, 3.05) is 6.54 Å². The molecule has 1 N–H and O–H groups in total. The van der Waals surface area contributed by atoms with Crippen LogP contribution in [-0.4, -0.2) is 33.2 Å². The number of aryl methyl sites for hydroxylation is 1. The Bertz CT molecular complexity index is 957. The van der Waals surface area contributed by atoms with Crippen molar-refractivity contribution >= 4 is 11.8 Å². The van der Waals surface area contributed by atoms with Crippen molar-refractivity contribution in [3.05, 3.63) is 58.9 Å². The Kier molecular flexibility index (Phi) is 7.12. The van der Waals surface area contributed by atoms with E-state index in [9.17, 15) is 14.0 Å². The predicted octanol–water partition coefficient (Wildman–Crippen LogP) is 4.49. The highest BCUT2D eigenvalue weighted by Crippen LogP contribution is 2.33. The fourth-order valence-corrected chi connectivity index (χ4v) is 4.83. The molecule has 6 nitrogen and oxygen atoms in total. The molecule has 7 heteroatoms. The maximum Gasteiger partial charge on any atom is 0.254 e. The standard InChI is InChI=1S/C25H31FN4O2/c1-17-21(25(32)28-15-19-9-11-20(26)12-10-19)16-27-24(29-17)22-8-4-5-13-30(22)23(31)14-18-6-2-3-7-18/h9-12,16,18,22H,2-8,13-15H2,1H3,(H,28,32). The van der Waals surface area contributed by atoms with Gasteiger partial charge < -0.3 is 10.2 Å². The van der Waals surface area contributed by atoms with Crippen LogP contribution in [0.5, 0.6) is 0 Å². The fourth-order valence-electron chi connectivity index (χ4n) is 4.83. The third-order valence-corrected chi connectivity index (χ3v) is 6.67. The number of amides is 2. The van der Waals surface area contributed by atoms with Gasteiger partial charge in [-0.05, 0) is 62.6 Å². The van der Waals surface area contributed by atoms with Crippen molar-refractivity contribution in [3.63, 3.8) is 0 Å². The minimum absolute atomic E-state index is 0.118. The molecule has 0 bridgehead atoms. The van der Waals surface area contributed by atoms with Gasteiger partial charge in [0.25, 0.3) is 5.91 Å². The van der Waals surface area contributed by atoms with Crippen molar-refractivity contribution in [2.45, 2.75) is 70.9 Å². The summed E-state index contributed by atoms with van der Waals surface area (Å²) in [5.74, 6) is 0.774. The molecule has 1 saturated heterocycles. The molecule has 0 radical (unpaired) electrons. The summed E-state index contributed by atoms with van der Waals surface area (Å²) in [6.07, 6.45) is 9.86. The SMILES string of the molecule is Cc1nc(C2CCCCN2C(=O)CC2CCCC2)ncc1C(=O)NCc1ccc(F)cc1. The van der Waals surface area contributed by atoms with Crippen molar-refractivity contribution in [3.8, 4) is 0 Å². The van der Waals surface area contributed by atoms with Crippen molar-refractivity contribution in [1.29, 1.82) is 0 Å². The number of halogens is 1. The van der Waals surface area contributed by atoms with Gasteiger partial charge in [-0.15, -0.1) is 0 Å². The summed E-state index contributed by atoms with van der Waals surface area (Å²) < 4.78 is 13.0. The Morgan fingerprint density at radius 3 is 2.53 bits per heavy atom. The van der Waals surface area contributed by atoms with E-state index in [0.717, 1.165) is 44.2 Å². The van der Waals surface area contributed by atoms with Gasteiger partial charge in [0.05, 0.1) is 17.3 Å². The van der Waals surface area contributed by atoms with Gasteiger partial charge in [-0.2, -0.15) is 0 Å². The first-order valence-corrected chi connectivity index (χ1v) is 11.7. The van der Waals surface area contributed by atoms with Gasteiger partial charge in [0.1, 0.15) is 5.82 Å². The molecule has 1 aromatic carbocycles. The van der Waals surface area contributed by atoms with Crippen molar-refractivity contribution in [1.82, 2.24) is 20.2 Å². The first kappa shape index (κ1) is 22.4. The average molecular weight is 439 g/mol. The molecule has 2 fully saturated rings. The van der Waals surface area contributed by atoms with E-state index in [1.165, 1.54) is 25.0 Å². The Morgan fingerprint density at radius 2 is 1.81 bits per heavy atom. The van der Waals surface area contributed by atoms with E-state index in [-0.39, 0.29) is 23.7 Å². The summed E-state index contributed by atoms with van der Waals surface area (Å²) in [7, 11) is 0. The van der Waals surface area contributed by atoms with E-state index in [4.69, 9.17) is 0 Å². The first-order valence-electron chi connectivity index (χ1n) is 11.7. The van der Waals surface area contributed by atoms with Crippen LogP contribution in [0, 0.1) is 18.7 Å². The lowest BCUT2D eigenvalue weighted by molar-refractivity contribution is -0.136. The van der Waals surface area contributed by atoms with Gasteiger partial charge in [-0.1, -0.05) is 25.0 Å². The van der Waals surface area contributed by atoms with Gasteiger partial charge >= 0.3 is 0 Å². The molecule has 1 aliphatic carbocycles. The minimum atomic E-state index is -0.307. The minimum Gasteiger partial charge on any atom is -0.348 e. The van der Waals surface area contributed by atoms with Crippen molar-refractivity contribution in [2.24, 2.45) is 5.92 Å². The van der Waals surface area contributed by atoms with Crippen LogP contribution in [0.1, 0.15) is 84.8 Å². The third-order valence-electron chi connectivity index (χ3n) is 6.67. The molecule has 1 atom stereocenters. The Labute approximate surface area is 188 Å². The zero-order valence-electron chi connectivity index (χ0n) is 18.6. The second kappa shape index (κ2) is 10.2. The molecule has 2 aliphatic rings. The van der Waals surface area contributed by atoms with Crippen LogP contribution in [0.15, 0.2) is 30.5 Å². The second-order valence-electron chi connectivity index (χ2n) is 8.99. The topological polar surface area (TPSA) is 75.2 Å². The van der Waals surface area contributed by atoms with Gasteiger partial charge in [0.2, 0.25) is 5.91 Å². The Balaban J connectivity index is 1.42. The van der Waals surface area contributed by atoms with Gasteiger partial charge in [0, 0.05) is 25.7 Å². The summed E-state index contributed by atoms with van der Waals surface area (Å²) in [5, 5.41) is 2.84. The first-order chi connectivity index (χ1) is 15.5. The molecule has 32 heavy (non-hydrogen) atoms. The van der Waals surface area contributed by atoms with Crippen LogP contribution >= 0.6 is 0 Å². The molecule has 2 aromatic rings. The van der Waals surface area contributed by atoms with E-state index in [0.29, 0.717) is 36.0 Å².